The zero-order valence-electron chi connectivity index (χ0n) is 11.0. The van der Waals surface area contributed by atoms with Crippen molar-refractivity contribution in [2.75, 3.05) is 19.6 Å². The molecule has 5 nitrogen and oxygen atoms in total. The fourth-order valence-electron chi connectivity index (χ4n) is 2.20. The van der Waals surface area contributed by atoms with Crippen molar-refractivity contribution in [3.63, 3.8) is 0 Å². The second kappa shape index (κ2) is 5.49. The first-order valence-corrected chi connectivity index (χ1v) is 6.17. The van der Waals surface area contributed by atoms with Gasteiger partial charge in [-0.15, -0.1) is 0 Å². The lowest BCUT2D eigenvalue weighted by Gasteiger charge is -2.38. The number of nitrogens with two attached hydrogens (primary N) is 1. The first-order chi connectivity index (χ1) is 7.87. The predicted octanol–water partition coefficient (Wildman–Crippen LogP) is 0.0984. The molecular formula is C12H23N3O2. The van der Waals surface area contributed by atoms with Gasteiger partial charge in [-0.25, -0.2) is 0 Å². The van der Waals surface area contributed by atoms with Crippen molar-refractivity contribution in [1.29, 1.82) is 0 Å². The standard InChI is InChI=1S/C12H23N3O2/c1-9(2)15(8-10(13)16)11(17)12(3)4-6-14-7-5-12/h9,14H,4-8H2,1-3H3,(H2,13,16). The fraction of sp³-hybridized carbons (Fsp3) is 0.833. The molecule has 0 saturated carbocycles. The molecule has 0 aromatic carbocycles. The molecule has 0 aliphatic carbocycles. The van der Waals surface area contributed by atoms with E-state index < -0.39 is 5.91 Å². The Balaban J connectivity index is 2.79. The van der Waals surface area contributed by atoms with E-state index in [2.05, 4.69) is 5.32 Å². The van der Waals surface area contributed by atoms with Crippen LogP contribution in [0.3, 0.4) is 0 Å². The van der Waals surface area contributed by atoms with E-state index in [0.717, 1.165) is 25.9 Å². The Morgan fingerprint density at radius 3 is 2.29 bits per heavy atom. The van der Waals surface area contributed by atoms with Crippen LogP contribution in [-0.4, -0.2) is 42.4 Å². The molecule has 1 saturated heterocycles. The topological polar surface area (TPSA) is 75.4 Å². The molecule has 98 valence electrons. The number of nitrogens with zero attached hydrogens (tertiary/aromatic N) is 1. The molecular weight excluding hydrogens is 218 g/mol. The van der Waals surface area contributed by atoms with E-state index >= 15 is 0 Å². The highest BCUT2D eigenvalue weighted by Gasteiger charge is 2.38. The van der Waals surface area contributed by atoms with Crippen LogP contribution < -0.4 is 11.1 Å². The number of piperidine rings is 1. The van der Waals surface area contributed by atoms with Crippen LogP contribution in [0.2, 0.25) is 0 Å². The van der Waals surface area contributed by atoms with Crippen molar-refractivity contribution in [3.05, 3.63) is 0 Å². The van der Waals surface area contributed by atoms with Crippen LogP contribution in [0, 0.1) is 5.41 Å². The molecule has 1 rings (SSSR count). The van der Waals surface area contributed by atoms with Crippen LogP contribution in [0.5, 0.6) is 0 Å². The highest BCUT2D eigenvalue weighted by Crippen LogP contribution is 2.30. The van der Waals surface area contributed by atoms with Crippen molar-refractivity contribution >= 4 is 11.8 Å². The highest BCUT2D eigenvalue weighted by molar-refractivity contribution is 5.87. The number of amides is 2. The Kier molecular flexibility index (Phi) is 4.51. The molecule has 0 unspecified atom stereocenters. The lowest BCUT2D eigenvalue weighted by Crippen LogP contribution is -2.52. The summed E-state index contributed by atoms with van der Waals surface area (Å²) in [6.45, 7) is 7.51. The number of hydrogen-bond donors (Lipinski definition) is 2. The van der Waals surface area contributed by atoms with Gasteiger partial charge in [0.2, 0.25) is 11.8 Å². The van der Waals surface area contributed by atoms with Crippen LogP contribution in [-0.2, 0) is 9.59 Å². The van der Waals surface area contributed by atoms with E-state index in [1.165, 1.54) is 0 Å². The molecule has 1 aliphatic heterocycles. The second-order valence-electron chi connectivity index (χ2n) is 5.30. The molecule has 0 aromatic heterocycles. The minimum absolute atomic E-state index is 0.00158. The van der Waals surface area contributed by atoms with Crippen LogP contribution in [0.1, 0.15) is 33.6 Å². The number of hydrogen-bond acceptors (Lipinski definition) is 3. The van der Waals surface area contributed by atoms with E-state index in [0.29, 0.717) is 0 Å². The number of rotatable bonds is 4. The van der Waals surface area contributed by atoms with E-state index in [4.69, 9.17) is 5.73 Å². The van der Waals surface area contributed by atoms with Gasteiger partial charge in [0.1, 0.15) is 0 Å². The Hall–Kier alpha value is -1.10. The van der Waals surface area contributed by atoms with Gasteiger partial charge in [-0.1, -0.05) is 6.92 Å². The van der Waals surface area contributed by atoms with E-state index in [1.54, 1.807) is 4.90 Å². The van der Waals surface area contributed by atoms with Crippen LogP contribution >= 0.6 is 0 Å². The van der Waals surface area contributed by atoms with Gasteiger partial charge < -0.3 is 16.0 Å². The smallest absolute Gasteiger partial charge is 0.237 e. The number of nitrogens with one attached hydrogen (secondary N) is 1. The van der Waals surface area contributed by atoms with Gasteiger partial charge >= 0.3 is 0 Å². The maximum Gasteiger partial charge on any atom is 0.237 e. The summed E-state index contributed by atoms with van der Waals surface area (Å²) in [5.41, 5.74) is 4.84. The zero-order chi connectivity index (χ0) is 13.1. The number of carbonyl (C=O) groups is 2. The van der Waals surface area contributed by atoms with Crippen molar-refractivity contribution in [2.45, 2.75) is 39.7 Å². The maximum absolute atomic E-state index is 12.5. The van der Waals surface area contributed by atoms with Gasteiger partial charge in [-0.3, -0.25) is 9.59 Å². The zero-order valence-corrected chi connectivity index (χ0v) is 11.0. The van der Waals surface area contributed by atoms with E-state index in [1.807, 2.05) is 20.8 Å². The summed E-state index contributed by atoms with van der Waals surface area (Å²) >= 11 is 0. The number of carbonyl (C=O) groups excluding carboxylic acids is 2. The van der Waals surface area contributed by atoms with E-state index in [9.17, 15) is 9.59 Å². The molecule has 2 amide bonds. The molecule has 0 radical (unpaired) electrons. The Morgan fingerprint density at radius 1 is 1.35 bits per heavy atom. The third kappa shape index (κ3) is 3.43. The summed E-state index contributed by atoms with van der Waals surface area (Å²) in [7, 11) is 0. The minimum Gasteiger partial charge on any atom is -0.368 e. The molecule has 0 spiro atoms. The van der Waals surface area contributed by atoms with Crippen LogP contribution in [0.25, 0.3) is 0 Å². The molecule has 1 fully saturated rings. The molecule has 0 bridgehead atoms. The summed E-state index contributed by atoms with van der Waals surface area (Å²) in [6.07, 6.45) is 1.63. The van der Waals surface area contributed by atoms with Gasteiger partial charge in [0, 0.05) is 11.5 Å². The van der Waals surface area contributed by atoms with Crippen LogP contribution in [0.4, 0.5) is 0 Å². The summed E-state index contributed by atoms with van der Waals surface area (Å²) in [5.74, 6) is -0.405. The Morgan fingerprint density at radius 2 is 1.88 bits per heavy atom. The van der Waals surface area contributed by atoms with Crippen molar-refractivity contribution in [3.8, 4) is 0 Å². The Bertz CT molecular complexity index is 296. The van der Waals surface area contributed by atoms with Gasteiger partial charge in [-0.05, 0) is 39.8 Å². The Labute approximate surface area is 103 Å². The van der Waals surface area contributed by atoms with Gasteiger partial charge in [0.05, 0.1) is 6.54 Å². The summed E-state index contributed by atoms with van der Waals surface area (Å²) < 4.78 is 0. The predicted molar refractivity (Wildman–Crippen MR) is 66.3 cm³/mol. The first kappa shape index (κ1) is 14.0. The SMILES string of the molecule is CC(C)N(CC(N)=O)C(=O)C1(C)CCNCC1. The average Bonchev–Trinajstić information content (AvgIpc) is 2.25. The van der Waals surface area contributed by atoms with E-state index in [-0.39, 0.29) is 23.9 Å². The lowest BCUT2D eigenvalue weighted by atomic mass is 9.79. The molecule has 0 atom stereocenters. The quantitative estimate of drug-likeness (QED) is 0.733. The molecule has 3 N–H and O–H groups in total. The fourth-order valence-corrected chi connectivity index (χ4v) is 2.20. The normalized spacial score (nSPS) is 19.1. The van der Waals surface area contributed by atoms with Crippen molar-refractivity contribution < 1.29 is 9.59 Å². The third-order valence-electron chi connectivity index (χ3n) is 3.43. The number of primary amides is 1. The molecule has 5 heteroatoms. The molecule has 1 heterocycles. The largest absolute Gasteiger partial charge is 0.368 e. The average molecular weight is 241 g/mol. The molecule has 0 aromatic rings. The molecule has 1 aliphatic rings. The second-order valence-corrected chi connectivity index (χ2v) is 5.30. The van der Waals surface area contributed by atoms with Gasteiger partial charge in [0.15, 0.2) is 0 Å². The summed E-state index contributed by atoms with van der Waals surface area (Å²) in [6, 6.07) is 0.00158. The first-order valence-electron chi connectivity index (χ1n) is 6.17. The van der Waals surface area contributed by atoms with Crippen molar-refractivity contribution in [1.82, 2.24) is 10.2 Å². The third-order valence-corrected chi connectivity index (χ3v) is 3.43. The highest BCUT2D eigenvalue weighted by atomic mass is 16.2. The minimum atomic E-state index is -0.454. The summed E-state index contributed by atoms with van der Waals surface area (Å²) in [5, 5.41) is 3.24. The monoisotopic (exact) mass is 241 g/mol. The van der Waals surface area contributed by atoms with Crippen LogP contribution in [0.15, 0.2) is 0 Å². The van der Waals surface area contributed by atoms with Gasteiger partial charge in [-0.2, -0.15) is 0 Å². The molecule has 17 heavy (non-hydrogen) atoms. The lowest BCUT2D eigenvalue weighted by molar-refractivity contribution is -0.147. The maximum atomic E-state index is 12.5. The van der Waals surface area contributed by atoms with Crippen molar-refractivity contribution in [2.24, 2.45) is 11.1 Å². The van der Waals surface area contributed by atoms with Gasteiger partial charge in [0.25, 0.3) is 0 Å². The summed E-state index contributed by atoms with van der Waals surface area (Å²) in [4.78, 5) is 25.1.